The van der Waals surface area contributed by atoms with Crippen molar-refractivity contribution in [1.29, 1.82) is 5.26 Å². The third-order valence-corrected chi connectivity index (χ3v) is 3.03. The van der Waals surface area contributed by atoms with Crippen LogP contribution in [0.2, 0.25) is 0 Å². The summed E-state index contributed by atoms with van der Waals surface area (Å²) in [7, 11) is 0. The predicted octanol–water partition coefficient (Wildman–Crippen LogP) is 2.69. The number of hydrogen-bond acceptors (Lipinski definition) is 2. The molecule has 0 heterocycles. The number of hydrogen-bond donors (Lipinski definition) is 1. The second kappa shape index (κ2) is 4.80. The van der Waals surface area contributed by atoms with E-state index in [0.717, 1.165) is 25.7 Å². The van der Waals surface area contributed by atoms with Crippen LogP contribution in [0.4, 0.5) is 5.69 Å². The van der Waals surface area contributed by atoms with Crippen LogP contribution in [0.1, 0.15) is 31.2 Å². The van der Waals surface area contributed by atoms with Crippen molar-refractivity contribution in [3.05, 3.63) is 29.8 Å². The molecule has 3 heteroatoms. The van der Waals surface area contributed by atoms with E-state index in [4.69, 9.17) is 5.26 Å². The molecule has 1 fully saturated rings. The van der Waals surface area contributed by atoms with Gasteiger partial charge in [0, 0.05) is 5.92 Å². The molecule has 0 aromatic heterocycles. The Balaban J connectivity index is 2.08. The number of nitriles is 1. The maximum Gasteiger partial charge on any atom is 0.227 e. The Morgan fingerprint density at radius 2 is 2.00 bits per heavy atom. The zero-order valence-electron chi connectivity index (χ0n) is 9.07. The quantitative estimate of drug-likeness (QED) is 0.822. The van der Waals surface area contributed by atoms with Gasteiger partial charge in [-0.15, -0.1) is 0 Å². The van der Waals surface area contributed by atoms with Crippen LogP contribution in [0.25, 0.3) is 0 Å². The Kier molecular flexibility index (Phi) is 3.21. The molecule has 1 aromatic rings. The van der Waals surface area contributed by atoms with Crippen LogP contribution in [0.15, 0.2) is 24.3 Å². The summed E-state index contributed by atoms with van der Waals surface area (Å²) in [5.41, 5.74) is 1.15. The number of rotatable bonds is 2. The van der Waals surface area contributed by atoms with E-state index < -0.39 is 0 Å². The van der Waals surface area contributed by atoms with Crippen molar-refractivity contribution in [3.63, 3.8) is 0 Å². The molecule has 0 bridgehead atoms. The highest BCUT2D eigenvalue weighted by molar-refractivity contribution is 5.93. The summed E-state index contributed by atoms with van der Waals surface area (Å²) < 4.78 is 0. The normalized spacial score (nSPS) is 15.7. The van der Waals surface area contributed by atoms with Crippen molar-refractivity contribution in [1.82, 2.24) is 0 Å². The summed E-state index contributed by atoms with van der Waals surface area (Å²) in [5, 5.41) is 11.7. The third kappa shape index (κ3) is 2.22. The number of carbonyl (C=O) groups excluding carboxylic acids is 1. The van der Waals surface area contributed by atoms with Crippen LogP contribution >= 0.6 is 0 Å². The fourth-order valence-corrected chi connectivity index (χ4v) is 2.11. The number of para-hydroxylation sites is 1. The van der Waals surface area contributed by atoms with Gasteiger partial charge in [-0.2, -0.15) is 5.26 Å². The first-order valence-corrected chi connectivity index (χ1v) is 5.61. The van der Waals surface area contributed by atoms with E-state index in [2.05, 4.69) is 11.4 Å². The van der Waals surface area contributed by atoms with Gasteiger partial charge in [-0.05, 0) is 25.0 Å². The van der Waals surface area contributed by atoms with Gasteiger partial charge in [0.2, 0.25) is 5.91 Å². The summed E-state index contributed by atoms with van der Waals surface area (Å²) in [6, 6.07) is 9.18. The molecular weight excluding hydrogens is 200 g/mol. The molecule has 1 aliphatic carbocycles. The average Bonchev–Trinajstić information content (AvgIpc) is 2.83. The first-order chi connectivity index (χ1) is 7.81. The van der Waals surface area contributed by atoms with Crippen molar-refractivity contribution in [3.8, 4) is 6.07 Å². The number of amides is 1. The average molecular weight is 214 g/mol. The van der Waals surface area contributed by atoms with Crippen LogP contribution in [-0.2, 0) is 4.79 Å². The summed E-state index contributed by atoms with van der Waals surface area (Å²) in [5.74, 6) is 0.187. The Bertz CT molecular complexity index is 428. The first-order valence-electron chi connectivity index (χ1n) is 5.61. The molecule has 0 radical (unpaired) electrons. The fourth-order valence-electron chi connectivity index (χ4n) is 2.11. The zero-order valence-corrected chi connectivity index (χ0v) is 9.07. The summed E-state index contributed by atoms with van der Waals surface area (Å²) in [6.45, 7) is 0. The number of carbonyl (C=O) groups is 1. The van der Waals surface area contributed by atoms with Gasteiger partial charge in [0.1, 0.15) is 6.07 Å². The van der Waals surface area contributed by atoms with E-state index in [0.29, 0.717) is 11.3 Å². The summed E-state index contributed by atoms with van der Waals surface area (Å²) in [4.78, 5) is 11.9. The standard InChI is InChI=1S/C13H14N2O/c14-9-11-7-3-4-8-12(11)15-13(16)10-5-1-2-6-10/h3-4,7-8,10H,1-2,5-6H2,(H,15,16). The molecule has 1 N–H and O–H groups in total. The van der Waals surface area contributed by atoms with Crippen LogP contribution in [0.3, 0.4) is 0 Å². The smallest absolute Gasteiger partial charge is 0.227 e. The summed E-state index contributed by atoms with van der Waals surface area (Å²) >= 11 is 0. The lowest BCUT2D eigenvalue weighted by molar-refractivity contribution is -0.119. The van der Waals surface area contributed by atoms with E-state index in [1.165, 1.54) is 0 Å². The Labute approximate surface area is 95.1 Å². The molecule has 2 rings (SSSR count). The van der Waals surface area contributed by atoms with Gasteiger partial charge >= 0.3 is 0 Å². The number of nitrogens with one attached hydrogen (secondary N) is 1. The zero-order chi connectivity index (χ0) is 11.4. The van der Waals surface area contributed by atoms with Gasteiger partial charge < -0.3 is 5.32 Å². The van der Waals surface area contributed by atoms with Crippen molar-refractivity contribution in [2.75, 3.05) is 5.32 Å². The minimum absolute atomic E-state index is 0.0557. The van der Waals surface area contributed by atoms with Crippen LogP contribution < -0.4 is 5.32 Å². The van der Waals surface area contributed by atoms with Crippen LogP contribution in [-0.4, -0.2) is 5.91 Å². The maximum atomic E-state index is 11.9. The van der Waals surface area contributed by atoms with Gasteiger partial charge in [0.15, 0.2) is 0 Å². The van der Waals surface area contributed by atoms with Crippen molar-refractivity contribution in [2.24, 2.45) is 5.92 Å². The number of anilines is 1. The molecule has 1 amide bonds. The van der Waals surface area contributed by atoms with Gasteiger partial charge in [0.05, 0.1) is 11.3 Å². The second-order valence-corrected chi connectivity index (χ2v) is 4.13. The predicted molar refractivity (Wildman–Crippen MR) is 61.7 cm³/mol. The van der Waals surface area contributed by atoms with Crippen LogP contribution in [0, 0.1) is 17.2 Å². The van der Waals surface area contributed by atoms with Crippen molar-refractivity contribution >= 4 is 11.6 Å². The Morgan fingerprint density at radius 3 is 2.69 bits per heavy atom. The van der Waals surface area contributed by atoms with E-state index in [-0.39, 0.29) is 11.8 Å². The largest absolute Gasteiger partial charge is 0.325 e. The third-order valence-electron chi connectivity index (χ3n) is 3.03. The lowest BCUT2D eigenvalue weighted by Crippen LogP contribution is -2.20. The van der Waals surface area contributed by atoms with E-state index in [9.17, 15) is 4.79 Å². The highest BCUT2D eigenvalue weighted by Gasteiger charge is 2.22. The van der Waals surface area contributed by atoms with E-state index >= 15 is 0 Å². The first kappa shape index (κ1) is 10.7. The molecule has 1 saturated carbocycles. The molecule has 1 aliphatic rings. The number of nitrogens with zero attached hydrogens (tertiary/aromatic N) is 1. The van der Waals surface area contributed by atoms with Gasteiger partial charge in [-0.1, -0.05) is 25.0 Å². The molecule has 0 saturated heterocycles. The molecule has 3 nitrogen and oxygen atoms in total. The van der Waals surface area contributed by atoms with Gasteiger partial charge in [-0.3, -0.25) is 4.79 Å². The lowest BCUT2D eigenvalue weighted by atomic mass is 10.1. The highest BCUT2D eigenvalue weighted by atomic mass is 16.1. The molecule has 0 atom stereocenters. The monoisotopic (exact) mass is 214 g/mol. The topological polar surface area (TPSA) is 52.9 Å². The Morgan fingerprint density at radius 1 is 1.31 bits per heavy atom. The molecular formula is C13H14N2O. The minimum Gasteiger partial charge on any atom is -0.325 e. The van der Waals surface area contributed by atoms with Gasteiger partial charge in [-0.25, -0.2) is 0 Å². The van der Waals surface area contributed by atoms with Crippen molar-refractivity contribution < 1.29 is 4.79 Å². The molecule has 0 aliphatic heterocycles. The molecule has 16 heavy (non-hydrogen) atoms. The fraction of sp³-hybridized carbons (Fsp3) is 0.385. The molecule has 82 valence electrons. The Hall–Kier alpha value is -1.82. The molecule has 0 unspecified atom stereocenters. The SMILES string of the molecule is N#Cc1ccccc1NC(=O)C1CCCC1. The number of benzene rings is 1. The minimum atomic E-state index is 0.0557. The molecule has 0 spiro atoms. The van der Waals surface area contributed by atoms with Crippen molar-refractivity contribution in [2.45, 2.75) is 25.7 Å². The maximum absolute atomic E-state index is 11.9. The van der Waals surface area contributed by atoms with Crippen LogP contribution in [0.5, 0.6) is 0 Å². The molecule has 1 aromatic carbocycles. The second-order valence-electron chi connectivity index (χ2n) is 4.13. The van der Waals surface area contributed by atoms with E-state index in [1.807, 2.05) is 6.07 Å². The van der Waals surface area contributed by atoms with Gasteiger partial charge in [0.25, 0.3) is 0 Å². The van der Waals surface area contributed by atoms with E-state index in [1.54, 1.807) is 18.2 Å². The lowest BCUT2D eigenvalue weighted by Gasteiger charge is -2.11. The summed E-state index contributed by atoms with van der Waals surface area (Å²) in [6.07, 6.45) is 4.22. The highest BCUT2D eigenvalue weighted by Crippen LogP contribution is 2.26.